The van der Waals surface area contributed by atoms with Crippen molar-refractivity contribution in [3.63, 3.8) is 0 Å². The fourth-order valence-electron chi connectivity index (χ4n) is 3.07. The van der Waals surface area contributed by atoms with Gasteiger partial charge < -0.3 is 10.4 Å². The normalized spacial score (nSPS) is 13.5. The van der Waals surface area contributed by atoms with Gasteiger partial charge in [-0.2, -0.15) is 4.31 Å². The van der Waals surface area contributed by atoms with Crippen LogP contribution in [0, 0.1) is 5.92 Å². The quantitative estimate of drug-likeness (QED) is 0.483. The molecule has 0 fully saturated rings. The van der Waals surface area contributed by atoms with E-state index in [-0.39, 0.29) is 18.0 Å². The maximum atomic E-state index is 13.1. The number of aliphatic carboxylic acids is 1. The molecular formula is C22H25ClN2O4S. The number of carbonyl (C=O) groups is 1. The highest BCUT2D eigenvalue weighted by Gasteiger charge is 2.35. The van der Waals surface area contributed by atoms with Gasteiger partial charge in [0.1, 0.15) is 0 Å². The van der Waals surface area contributed by atoms with Gasteiger partial charge in [-0.1, -0.05) is 54.1 Å². The van der Waals surface area contributed by atoms with Gasteiger partial charge in [-0.05, 0) is 29.8 Å². The third-order valence-corrected chi connectivity index (χ3v) is 6.64. The smallest absolute Gasteiger partial charge is 0.309 e. The molecule has 2 N–H and O–H groups in total. The molecule has 0 heterocycles. The highest BCUT2D eigenvalue weighted by molar-refractivity contribution is 7.89. The lowest BCUT2D eigenvalue weighted by Gasteiger charge is -2.30. The molecule has 160 valence electrons. The molecule has 0 aliphatic carbocycles. The van der Waals surface area contributed by atoms with Crippen LogP contribution in [-0.2, 0) is 14.8 Å². The first kappa shape index (κ1) is 23.8. The average Bonchev–Trinajstić information content (AvgIpc) is 2.73. The van der Waals surface area contributed by atoms with Gasteiger partial charge in [-0.15, -0.1) is 13.2 Å². The molecule has 0 spiro atoms. The van der Waals surface area contributed by atoms with Crippen molar-refractivity contribution < 1.29 is 18.3 Å². The third kappa shape index (κ3) is 6.03. The molecule has 0 bridgehead atoms. The topological polar surface area (TPSA) is 86.7 Å². The Morgan fingerprint density at radius 1 is 1.10 bits per heavy atom. The Morgan fingerprint density at radius 2 is 1.73 bits per heavy atom. The van der Waals surface area contributed by atoms with Crippen molar-refractivity contribution in [3.8, 4) is 0 Å². The number of sulfonamides is 1. The summed E-state index contributed by atoms with van der Waals surface area (Å²) in [5.74, 6) is -2.19. The molecule has 2 aromatic carbocycles. The summed E-state index contributed by atoms with van der Waals surface area (Å²) >= 11 is 5.96. The highest BCUT2D eigenvalue weighted by atomic mass is 35.5. The number of halogens is 1. The average molecular weight is 449 g/mol. The van der Waals surface area contributed by atoms with Crippen molar-refractivity contribution in [2.45, 2.75) is 10.9 Å². The molecule has 2 aromatic rings. The van der Waals surface area contributed by atoms with E-state index >= 15 is 0 Å². The predicted octanol–water partition coefficient (Wildman–Crippen LogP) is 3.73. The molecule has 0 aromatic heterocycles. The van der Waals surface area contributed by atoms with Gasteiger partial charge in [0.05, 0.1) is 10.8 Å². The first-order valence-electron chi connectivity index (χ1n) is 9.30. The van der Waals surface area contributed by atoms with E-state index in [1.807, 2.05) is 0 Å². The monoisotopic (exact) mass is 448 g/mol. The van der Waals surface area contributed by atoms with Crippen molar-refractivity contribution in [2.24, 2.45) is 5.92 Å². The van der Waals surface area contributed by atoms with Crippen LogP contribution in [0.25, 0.3) is 0 Å². The van der Waals surface area contributed by atoms with Gasteiger partial charge >= 0.3 is 5.97 Å². The van der Waals surface area contributed by atoms with Gasteiger partial charge in [-0.3, -0.25) is 4.79 Å². The lowest BCUT2D eigenvalue weighted by Crippen LogP contribution is -2.43. The van der Waals surface area contributed by atoms with E-state index in [4.69, 9.17) is 11.6 Å². The number of benzene rings is 2. The fraction of sp³-hybridized carbons (Fsp3) is 0.227. The van der Waals surface area contributed by atoms with E-state index in [1.165, 1.54) is 18.2 Å². The summed E-state index contributed by atoms with van der Waals surface area (Å²) in [5, 5.41) is 13.6. The van der Waals surface area contributed by atoms with Crippen molar-refractivity contribution in [3.05, 3.63) is 90.5 Å². The molecule has 2 atom stereocenters. The first-order valence-corrected chi connectivity index (χ1v) is 11.1. The Kier molecular flexibility index (Phi) is 8.80. The fourth-order valence-corrected chi connectivity index (χ4v) is 4.66. The second-order valence-electron chi connectivity index (χ2n) is 6.59. The van der Waals surface area contributed by atoms with Crippen molar-refractivity contribution in [1.82, 2.24) is 9.62 Å². The zero-order valence-corrected chi connectivity index (χ0v) is 18.0. The molecule has 8 heteroatoms. The molecule has 2 unspecified atom stereocenters. The predicted molar refractivity (Wildman–Crippen MR) is 119 cm³/mol. The zero-order valence-electron chi connectivity index (χ0n) is 16.4. The lowest BCUT2D eigenvalue weighted by molar-refractivity contribution is -0.143. The van der Waals surface area contributed by atoms with Crippen molar-refractivity contribution in [2.75, 3.05) is 19.6 Å². The van der Waals surface area contributed by atoms with Gasteiger partial charge in [-0.25, -0.2) is 8.42 Å². The van der Waals surface area contributed by atoms with Crippen LogP contribution in [0.5, 0.6) is 0 Å². The zero-order chi connectivity index (χ0) is 22.1. The molecule has 0 amide bonds. The van der Waals surface area contributed by atoms with Crippen LogP contribution in [0.1, 0.15) is 11.6 Å². The van der Waals surface area contributed by atoms with Crippen LogP contribution < -0.4 is 5.32 Å². The maximum absolute atomic E-state index is 13.1. The molecule has 6 nitrogen and oxygen atoms in total. The Morgan fingerprint density at radius 3 is 2.27 bits per heavy atom. The second-order valence-corrected chi connectivity index (χ2v) is 8.97. The van der Waals surface area contributed by atoms with E-state index < -0.39 is 28.0 Å². The number of nitrogens with one attached hydrogen (secondary N) is 1. The summed E-state index contributed by atoms with van der Waals surface area (Å²) in [6.45, 7) is 7.38. The summed E-state index contributed by atoms with van der Waals surface area (Å²) < 4.78 is 27.4. The summed E-state index contributed by atoms with van der Waals surface area (Å²) in [5.41, 5.74) is 0.685. The summed E-state index contributed by atoms with van der Waals surface area (Å²) in [6.07, 6.45) is 3.05. The minimum atomic E-state index is -3.91. The van der Waals surface area contributed by atoms with Crippen LogP contribution in [0.2, 0.25) is 5.02 Å². The Labute approximate surface area is 182 Å². The summed E-state index contributed by atoms with van der Waals surface area (Å²) in [4.78, 5) is 12.3. The molecule has 0 saturated heterocycles. The van der Waals surface area contributed by atoms with E-state index in [2.05, 4.69) is 18.5 Å². The highest BCUT2D eigenvalue weighted by Crippen LogP contribution is 2.27. The summed E-state index contributed by atoms with van der Waals surface area (Å²) in [7, 11) is -3.91. The second kappa shape index (κ2) is 11.1. The first-order chi connectivity index (χ1) is 14.3. The van der Waals surface area contributed by atoms with Crippen LogP contribution in [0.15, 0.2) is 84.8 Å². The van der Waals surface area contributed by atoms with Gasteiger partial charge in [0.2, 0.25) is 10.0 Å². The van der Waals surface area contributed by atoms with Gasteiger partial charge in [0.15, 0.2) is 0 Å². The number of carboxylic acid groups (broad SMARTS) is 1. The van der Waals surface area contributed by atoms with Crippen LogP contribution in [0.4, 0.5) is 0 Å². The molecule has 0 aliphatic rings. The largest absolute Gasteiger partial charge is 0.481 e. The minimum Gasteiger partial charge on any atom is -0.481 e. The van der Waals surface area contributed by atoms with E-state index in [9.17, 15) is 18.3 Å². The molecular weight excluding hydrogens is 424 g/mol. The van der Waals surface area contributed by atoms with E-state index in [0.717, 1.165) is 4.31 Å². The van der Waals surface area contributed by atoms with Crippen LogP contribution in [0.3, 0.4) is 0 Å². The van der Waals surface area contributed by atoms with Gasteiger partial charge in [0.25, 0.3) is 0 Å². The lowest BCUT2D eigenvalue weighted by atomic mass is 9.92. The van der Waals surface area contributed by atoms with Crippen LogP contribution in [-0.4, -0.2) is 43.4 Å². The third-order valence-electron chi connectivity index (χ3n) is 4.54. The Balaban J connectivity index is 2.43. The summed E-state index contributed by atoms with van der Waals surface area (Å²) in [6, 6.07) is 14.0. The maximum Gasteiger partial charge on any atom is 0.309 e. The number of hydrogen-bond acceptors (Lipinski definition) is 4. The van der Waals surface area contributed by atoms with Crippen molar-refractivity contribution in [1.29, 1.82) is 0 Å². The molecule has 0 aliphatic heterocycles. The molecule has 0 saturated carbocycles. The molecule has 2 rings (SSSR count). The number of nitrogens with zero attached hydrogens (tertiary/aromatic N) is 1. The van der Waals surface area contributed by atoms with E-state index in [0.29, 0.717) is 17.1 Å². The van der Waals surface area contributed by atoms with Crippen molar-refractivity contribution >= 4 is 27.6 Å². The SMILES string of the molecule is C=CCNC(c1ccc(Cl)cc1)C(CN(CC=C)S(=O)(=O)c1ccccc1)C(=O)O. The number of rotatable bonds is 12. The Bertz CT molecular complexity index is 962. The molecule has 0 radical (unpaired) electrons. The standard InChI is InChI=1S/C22H25ClN2O4S/c1-3-14-24-21(17-10-12-18(23)13-11-17)20(22(26)27)16-25(15-4-2)30(28,29)19-8-6-5-7-9-19/h3-13,20-21,24H,1-2,14-16H2,(H,26,27). The number of hydrogen-bond donors (Lipinski definition) is 2. The Hall–Kier alpha value is -2.45. The van der Waals surface area contributed by atoms with E-state index in [1.54, 1.807) is 48.5 Å². The van der Waals surface area contributed by atoms with Gasteiger partial charge in [0, 0.05) is 30.7 Å². The number of carboxylic acids is 1. The molecule has 30 heavy (non-hydrogen) atoms. The van der Waals surface area contributed by atoms with Crippen LogP contribution >= 0.6 is 11.6 Å². The minimum absolute atomic E-state index is 0.0181.